The average molecular weight is 238 g/mol. The summed E-state index contributed by atoms with van der Waals surface area (Å²) in [5.74, 6) is -0.255. The number of ether oxygens (including phenoxy) is 1. The standard InChI is InChI=1S/C10H10N2O3S/c1-3-14-10(13)8-11-9(15-12-8)7-4-6(2)5-16-7/h4-5H,3H2,1-2H3. The van der Waals surface area contributed by atoms with Gasteiger partial charge in [0.05, 0.1) is 11.5 Å². The zero-order valence-electron chi connectivity index (χ0n) is 8.89. The van der Waals surface area contributed by atoms with Gasteiger partial charge < -0.3 is 9.26 Å². The van der Waals surface area contributed by atoms with E-state index in [2.05, 4.69) is 10.1 Å². The van der Waals surface area contributed by atoms with E-state index in [1.165, 1.54) is 11.3 Å². The van der Waals surface area contributed by atoms with Crippen molar-refractivity contribution in [3.8, 4) is 10.8 Å². The summed E-state index contributed by atoms with van der Waals surface area (Å²) in [6.07, 6.45) is 0. The van der Waals surface area contributed by atoms with Crippen molar-refractivity contribution in [2.45, 2.75) is 13.8 Å². The van der Waals surface area contributed by atoms with E-state index in [1.54, 1.807) is 6.92 Å². The molecule has 2 aromatic rings. The van der Waals surface area contributed by atoms with Gasteiger partial charge >= 0.3 is 5.97 Å². The Morgan fingerprint density at radius 3 is 3.06 bits per heavy atom. The third kappa shape index (κ3) is 2.11. The molecule has 0 amide bonds. The molecule has 0 atom stereocenters. The van der Waals surface area contributed by atoms with Crippen LogP contribution in [0.15, 0.2) is 16.0 Å². The molecular weight excluding hydrogens is 228 g/mol. The SMILES string of the molecule is CCOC(=O)c1noc(-c2cc(C)cs2)n1. The van der Waals surface area contributed by atoms with Crippen LogP contribution in [0, 0.1) is 6.92 Å². The smallest absolute Gasteiger partial charge is 0.379 e. The molecule has 0 aliphatic carbocycles. The van der Waals surface area contributed by atoms with Crippen molar-refractivity contribution in [2.75, 3.05) is 6.61 Å². The fourth-order valence-corrected chi connectivity index (χ4v) is 1.96. The average Bonchev–Trinajstić information content (AvgIpc) is 2.85. The fraction of sp³-hybridized carbons (Fsp3) is 0.300. The van der Waals surface area contributed by atoms with Crippen LogP contribution >= 0.6 is 11.3 Å². The Kier molecular flexibility index (Phi) is 3.00. The van der Waals surface area contributed by atoms with Gasteiger partial charge in [-0.2, -0.15) is 4.98 Å². The maximum atomic E-state index is 11.3. The zero-order chi connectivity index (χ0) is 11.5. The first-order valence-corrected chi connectivity index (χ1v) is 5.65. The van der Waals surface area contributed by atoms with Crippen molar-refractivity contribution < 1.29 is 14.1 Å². The van der Waals surface area contributed by atoms with Crippen molar-refractivity contribution in [1.82, 2.24) is 10.1 Å². The van der Waals surface area contributed by atoms with Gasteiger partial charge in [-0.15, -0.1) is 11.3 Å². The lowest BCUT2D eigenvalue weighted by molar-refractivity contribution is 0.0508. The largest absolute Gasteiger partial charge is 0.460 e. The number of hydrogen-bond acceptors (Lipinski definition) is 6. The van der Waals surface area contributed by atoms with Gasteiger partial charge in [0, 0.05) is 0 Å². The molecule has 0 fully saturated rings. The molecule has 0 bridgehead atoms. The molecular formula is C10H10N2O3S. The van der Waals surface area contributed by atoms with E-state index in [9.17, 15) is 4.79 Å². The summed E-state index contributed by atoms with van der Waals surface area (Å²) in [6.45, 7) is 3.99. The topological polar surface area (TPSA) is 65.2 Å². The molecule has 0 saturated heterocycles. The van der Waals surface area contributed by atoms with Gasteiger partial charge in [-0.1, -0.05) is 0 Å². The molecule has 0 aliphatic rings. The van der Waals surface area contributed by atoms with Gasteiger partial charge in [-0.05, 0) is 36.0 Å². The van der Waals surface area contributed by atoms with Crippen LogP contribution in [0.25, 0.3) is 10.8 Å². The second-order valence-corrected chi connectivity index (χ2v) is 4.04. The molecule has 0 unspecified atom stereocenters. The molecule has 2 heterocycles. The van der Waals surface area contributed by atoms with Crippen molar-refractivity contribution in [2.24, 2.45) is 0 Å². The Bertz CT molecular complexity index is 504. The van der Waals surface area contributed by atoms with E-state index < -0.39 is 5.97 Å². The summed E-state index contributed by atoms with van der Waals surface area (Å²) in [5.41, 5.74) is 1.12. The third-order valence-corrected chi connectivity index (χ3v) is 2.86. The Labute approximate surface area is 96.0 Å². The van der Waals surface area contributed by atoms with Crippen LogP contribution in [-0.4, -0.2) is 22.7 Å². The predicted octanol–water partition coefficient (Wildman–Crippen LogP) is 2.28. The zero-order valence-corrected chi connectivity index (χ0v) is 9.71. The molecule has 0 radical (unpaired) electrons. The second-order valence-electron chi connectivity index (χ2n) is 3.13. The highest BCUT2D eigenvalue weighted by Crippen LogP contribution is 2.25. The highest BCUT2D eigenvalue weighted by Gasteiger charge is 2.17. The van der Waals surface area contributed by atoms with Crippen LogP contribution < -0.4 is 0 Å². The van der Waals surface area contributed by atoms with Crippen LogP contribution in [0.5, 0.6) is 0 Å². The quantitative estimate of drug-likeness (QED) is 0.767. The summed E-state index contributed by atoms with van der Waals surface area (Å²) in [6, 6.07) is 1.92. The van der Waals surface area contributed by atoms with Crippen molar-refractivity contribution in [1.29, 1.82) is 0 Å². The van der Waals surface area contributed by atoms with Gasteiger partial charge in [0.2, 0.25) is 0 Å². The molecule has 0 aromatic carbocycles. The summed E-state index contributed by atoms with van der Waals surface area (Å²) >= 11 is 1.49. The monoisotopic (exact) mass is 238 g/mol. The first-order chi connectivity index (χ1) is 7.70. The number of esters is 1. The molecule has 16 heavy (non-hydrogen) atoms. The van der Waals surface area contributed by atoms with Crippen LogP contribution in [0.2, 0.25) is 0 Å². The first kappa shape index (κ1) is 10.8. The number of hydrogen-bond donors (Lipinski definition) is 0. The maximum absolute atomic E-state index is 11.3. The Morgan fingerprint density at radius 2 is 2.44 bits per heavy atom. The molecule has 0 N–H and O–H groups in total. The third-order valence-electron chi connectivity index (χ3n) is 1.83. The summed E-state index contributed by atoms with van der Waals surface area (Å²) < 4.78 is 9.74. The maximum Gasteiger partial charge on any atom is 0.379 e. The van der Waals surface area contributed by atoms with Gasteiger partial charge in [0.1, 0.15) is 0 Å². The van der Waals surface area contributed by atoms with Crippen molar-refractivity contribution >= 4 is 17.3 Å². The van der Waals surface area contributed by atoms with Crippen molar-refractivity contribution in [3.63, 3.8) is 0 Å². The van der Waals surface area contributed by atoms with Crippen LogP contribution in [0.1, 0.15) is 23.1 Å². The van der Waals surface area contributed by atoms with Gasteiger partial charge in [0.15, 0.2) is 0 Å². The lowest BCUT2D eigenvalue weighted by atomic mass is 10.3. The molecule has 0 saturated carbocycles. The number of carbonyl (C=O) groups excluding carboxylic acids is 1. The number of thiophene rings is 1. The van der Waals surface area contributed by atoms with Crippen LogP contribution in [0.3, 0.4) is 0 Å². The molecule has 6 heteroatoms. The van der Waals surface area contributed by atoms with Gasteiger partial charge in [0.25, 0.3) is 11.7 Å². The van der Waals surface area contributed by atoms with Crippen LogP contribution in [-0.2, 0) is 4.74 Å². The van der Waals surface area contributed by atoms with E-state index in [0.29, 0.717) is 12.5 Å². The number of aryl methyl sites for hydroxylation is 1. The molecule has 2 aromatic heterocycles. The minimum Gasteiger partial charge on any atom is -0.460 e. The summed E-state index contributed by atoms with van der Waals surface area (Å²) in [5, 5.41) is 5.54. The normalized spacial score (nSPS) is 10.4. The highest BCUT2D eigenvalue weighted by molar-refractivity contribution is 7.13. The number of rotatable bonds is 3. The molecule has 2 rings (SSSR count). The van der Waals surface area contributed by atoms with Gasteiger partial charge in [-0.25, -0.2) is 4.79 Å². The van der Waals surface area contributed by atoms with Gasteiger partial charge in [-0.3, -0.25) is 0 Å². The Balaban J connectivity index is 2.22. The summed E-state index contributed by atoms with van der Waals surface area (Å²) in [4.78, 5) is 16.1. The fourth-order valence-electron chi connectivity index (χ4n) is 1.15. The van der Waals surface area contributed by atoms with E-state index in [1.807, 2.05) is 18.4 Å². The Morgan fingerprint density at radius 1 is 1.62 bits per heavy atom. The van der Waals surface area contributed by atoms with E-state index in [-0.39, 0.29) is 5.82 Å². The number of aromatic nitrogens is 2. The van der Waals surface area contributed by atoms with Crippen LogP contribution in [0.4, 0.5) is 0 Å². The number of nitrogens with zero attached hydrogens (tertiary/aromatic N) is 2. The van der Waals surface area contributed by atoms with Crippen molar-refractivity contribution in [3.05, 3.63) is 22.8 Å². The molecule has 0 spiro atoms. The highest BCUT2D eigenvalue weighted by atomic mass is 32.1. The number of carbonyl (C=O) groups is 1. The minimum atomic E-state index is -0.564. The molecule has 84 valence electrons. The lowest BCUT2D eigenvalue weighted by Crippen LogP contribution is -2.06. The molecule has 5 nitrogen and oxygen atoms in total. The molecule has 0 aliphatic heterocycles. The lowest BCUT2D eigenvalue weighted by Gasteiger charge is -1.93. The van der Waals surface area contributed by atoms with E-state index in [4.69, 9.17) is 9.26 Å². The minimum absolute atomic E-state index is 0.0390. The predicted molar refractivity (Wildman–Crippen MR) is 58.3 cm³/mol. The Hall–Kier alpha value is -1.69. The second kappa shape index (κ2) is 4.44. The van der Waals surface area contributed by atoms with E-state index >= 15 is 0 Å². The summed E-state index contributed by atoms with van der Waals surface area (Å²) in [7, 11) is 0. The van der Waals surface area contributed by atoms with E-state index in [0.717, 1.165) is 10.4 Å². The first-order valence-electron chi connectivity index (χ1n) is 4.77.